The lowest BCUT2D eigenvalue weighted by Crippen LogP contribution is -2.34. The molecule has 2 N–H and O–H groups in total. The molecule has 0 bridgehead atoms. The summed E-state index contributed by atoms with van der Waals surface area (Å²) < 4.78 is 49.6. The third kappa shape index (κ3) is 5.06. The van der Waals surface area contributed by atoms with Crippen LogP contribution in [0, 0.1) is 10.1 Å². The van der Waals surface area contributed by atoms with E-state index in [2.05, 4.69) is 4.84 Å². The second kappa shape index (κ2) is 9.11. The van der Waals surface area contributed by atoms with E-state index in [9.17, 15) is 28.1 Å². The number of ether oxygens (including phenoxy) is 2. The van der Waals surface area contributed by atoms with Gasteiger partial charge >= 0.3 is 12.1 Å². The fourth-order valence-corrected chi connectivity index (χ4v) is 2.69. The van der Waals surface area contributed by atoms with E-state index in [1.165, 1.54) is 18.2 Å². The highest BCUT2D eigenvalue weighted by atomic mass is 35.5. The summed E-state index contributed by atoms with van der Waals surface area (Å²) in [5.41, 5.74) is -1.65. The van der Waals surface area contributed by atoms with Gasteiger partial charge in [-0.05, 0) is 30.3 Å². The van der Waals surface area contributed by atoms with Gasteiger partial charge in [0.2, 0.25) is 0 Å². The normalized spacial score (nSPS) is 13.7. The van der Waals surface area contributed by atoms with Gasteiger partial charge in [0.1, 0.15) is 11.3 Å². The van der Waals surface area contributed by atoms with Crippen LogP contribution in [0.4, 0.5) is 18.9 Å². The van der Waals surface area contributed by atoms with Crippen molar-refractivity contribution in [2.75, 3.05) is 7.11 Å². The van der Waals surface area contributed by atoms with Gasteiger partial charge in [-0.25, -0.2) is 4.79 Å². The van der Waals surface area contributed by atoms with E-state index in [-0.39, 0.29) is 11.3 Å². The van der Waals surface area contributed by atoms with Crippen molar-refractivity contribution in [3.8, 4) is 5.75 Å². The predicted octanol–water partition coefficient (Wildman–Crippen LogP) is 4.12. The molecule has 1 unspecified atom stereocenters. The predicted molar refractivity (Wildman–Crippen MR) is 98.3 cm³/mol. The monoisotopic (exact) mass is 446 g/mol. The molecule has 0 aromatic heterocycles. The van der Waals surface area contributed by atoms with Crippen LogP contribution in [0.3, 0.4) is 0 Å². The van der Waals surface area contributed by atoms with E-state index in [1.807, 2.05) is 0 Å². The van der Waals surface area contributed by atoms with E-state index < -0.39 is 39.1 Å². The van der Waals surface area contributed by atoms with Crippen LogP contribution in [0.2, 0.25) is 5.02 Å². The molecule has 2 rings (SSSR count). The molecule has 12 heteroatoms. The Labute approximate surface area is 172 Å². The van der Waals surface area contributed by atoms with Gasteiger partial charge in [-0.1, -0.05) is 23.7 Å². The number of halogens is 4. The third-order valence-corrected chi connectivity index (χ3v) is 4.15. The maximum absolute atomic E-state index is 12.9. The van der Waals surface area contributed by atoms with Crippen molar-refractivity contribution in [1.29, 1.82) is 0 Å². The van der Waals surface area contributed by atoms with Crippen molar-refractivity contribution in [2.45, 2.75) is 12.0 Å². The fraction of sp³-hybridized carbons (Fsp3) is 0.167. The second-order valence-electron chi connectivity index (χ2n) is 5.66. The molecule has 2 aromatic rings. The van der Waals surface area contributed by atoms with Crippen LogP contribution in [0.25, 0.3) is 0 Å². The lowest BCUT2D eigenvalue weighted by Gasteiger charge is -2.30. The molecule has 0 aliphatic carbocycles. The number of carbonyl (C=O) groups excluding carboxylic acids is 1. The van der Waals surface area contributed by atoms with Crippen LogP contribution in [0.1, 0.15) is 11.1 Å². The lowest BCUT2D eigenvalue weighted by molar-refractivity contribution is -0.387. The molecule has 0 radical (unpaired) electrons. The molecule has 160 valence electrons. The van der Waals surface area contributed by atoms with Crippen molar-refractivity contribution < 1.29 is 37.2 Å². The minimum absolute atomic E-state index is 0.172. The number of nitro benzene ring substituents is 1. The number of para-hydroxylation sites is 1. The van der Waals surface area contributed by atoms with Gasteiger partial charge in [0.25, 0.3) is 11.5 Å². The van der Waals surface area contributed by atoms with Crippen LogP contribution >= 0.6 is 11.6 Å². The number of methoxy groups -OCH3 is 1. The first-order valence-corrected chi connectivity index (χ1v) is 8.36. The minimum Gasteiger partial charge on any atom is -0.452 e. The third-order valence-electron chi connectivity index (χ3n) is 3.86. The molecule has 1 atom stereocenters. The highest BCUT2D eigenvalue weighted by Crippen LogP contribution is 2.40. The summed E-state index contributed by atoms with van der Waals surface area (Å²) in [6, 6.07) is 7.48. The zero-order valence-corrected chi connectivity index (χ0v) is 15.9. The van der Waals surface area contributed by atoms with Gasteiger partial charge in [-0.3, -0.25) is 10.1 Å². The largest absolute Gasteiger partial charge is 0.452 e. The summed E-state index contributed by atoms with van der Waals surface area (Å²) in [6.45, 7) is 0. The lowest BCUT2D eigenvalue weighted by atomic mass is 10.0. The van der Waals surface area contributed by atoms with E-state index in [0.717, 1.165) is 31.4 Å². The zero-order chi connectivity index (χ0) is 22.5. The van der Waals surface area contributed by atoms with E-state index >= 15 is 0 Å². The highest BCUT2D eigenvalue weighted by molar-refractivity contribution is 6.32. The molecule has 0 aliphatic rings. The first-order valence-electron chi connectivity index (χ1n) is 7.99. The van der Waals surface area contributed by atoms with Gasteiger partial charge in [0.05, 0.1) is 15.5 Å². The van der Waals surface area contributed by atoms with Crippen LogP contribution in [-0.2, 0) is 26.3 Å². The number of carbonyl (C=O) groups is 1. The van der Waals surface area contributed by atoms with Crippen LogP contribution < -0.4 is 10.6 Å². The molecule has 8 nitrogen and oxygen atoms in total. The highest BCUT2D eigenvalue weighted by Gasteiger charge is 2.39. The molecule has 0 spiro atoms. The number of nitrogens with zero attached hydrogens (tertiary/aromatic N) is 1. The Balaban J connectivity index is 2.65. The number of alkyl halides is 3. The van der Waals surface area contributed by atoms with Crippen LogP contribution in [0.5, 0.6) is 5.75 Å². The summed E-state index contributed by atoms with van der Waals surface area (Å²) in [7, 11) is 1.10. The quantitative estimate of drug-likeness (QED) is 0.294. The number of hydrogen-bond donors (Lipinski definition) is 1. The first-order chi connectivity index (χ1) is 14.0. The average Bonchev–Trinajstić information content (AvgIpc) is 2.71. The molecule has 2 aromatic carbocycles. The van der Waals surface area contributed by atoms with Crippen molar-refractivity contribution in [2.24, 2.45) is 5.90 Å². The summed E-state index contributed by atoms with van der Waals surface area (Å²) in [5.74, 6) is 1.30. The Bertz CT molecular complexity index is 983. The Morgan fingerprint density at radius 2 is 1.90 bits per heavy atom. The molecule has 0 saturated carbocycles. The first kappa shape index (κ1) is 23.1. The standard InChI is InChI=1S/C18H14ClF3N2O6/c1-28-17(9-8-16(25)30-23,12-4-2-3-5-14(12)24(26)27)29-15-7-6-11(10-13(15)19)18(20,21)22/h2-10H,23H2,1H3. The number of rotatable bonds is 7. The smallest absolute Gasteiger partial charge is 0.416 e. The van der Waals surface area contributed by atoms with Crippen molar-refractivity contribution in [3.05, 3.63) is 80.9 Å². The van der Waals surface area contributed by atoms with Crippen molar-refractivity contribution >= 4 is 23.3 Å². The summed E-state index contributed by atoms with van der Waals surface area (Å²) in [5, 5.41) is 11.0. The number of benzene rings is 2. The second-order valence-corrected chi connectivity index (χ2v) is 6.07. The fourth-order valence-electron chi connectivity index (χ4n) is 2.47. The molecular weight excluding hydrogens is 433 g/mol. The Hall–Kier alpha value is -3.15. The van der Waals surface area contributed by atoms with E-state index in [1.54, 1.807) is 0 Å². The molecule has 0 aliphatic heterocycles. The van der Waals surface area contributed by atoms with Gasteiger partial charge in [-0.2, -0.15) is 19.1 Å². The molecule has 30 heavy (non-hydrogen) atoms. The van der Waals surface area contributed by atoms with Crippen LogP contribution in [-0.4, -0.2) is 18.0 Å². The van der Waals surface area contributed by atoms with Crippen molar-refractivity contribution in [1.82, 2.24) is 0 Å². The number of hydrogen-bond acceptors (Lipinski definition) is 7. The molecule has 0 amide bonds. The Morgan fingerprint density at radius 3 is 2.43 bits per heavy atom. The number of nitrogens with two attached hydrogens (primary N) is 1. The zero-order valence-electron chi connectivity index (χ0n) is 15.2. The average molecular weight is 447 g/mol. The Kier molecular flexibility index (Phi) is 7.03. The molecule has 0 saturated heterocycles. The minimum atomic E-state index is -4.65. The summed E-state index contributed by atoms with van der Waals surface area (Å²) >= 11 is 5.93. The van der Waals surface area contributed by atoms with Gasteiger partial charge in [-0.15, -0.1) is 0 Å². The van der Waals surface area contributed by atoms with E-state index in [4.69, 9.17) is 27.0 Å². The summed E-state index contributed by atoms with van der Waals surface area (Å²) in [4.78, 5) is 26.2. The number of nitro groups is 1. The molecule has 0 fully saturated rings. The van der Waals surface area contributed by atoms with Gasteiger partial charge < -0.3 is 14.3 Å². The van der Waals surface area contributed by atoms with E-state index in [0.29, 0.717) is 12.1 Å². The van der Waals surface area contributed by atoms with Gasteiger partial charge in [0, 0.05) is 19.3 Å². The van der Waals surface area contributed by atoms with Crippen molar-refractivity contribution in [3.63, 3.8) is 0 Å². The molecular formula is C18H14ClF3N2O6. The summed E-state index contributed by atoms with van der Waals surface area (Å²) in [6.07, 6.45) is -2.92. The van der Waals surface area contributed by atoms with Gasteiger partial charge in [0.15, 0.2) is 0 Å². The molecule has 0 heterocycles. The SMILES string of the molecule is COC(C=CC(=O)ON)(Oc1ccc(C(F)(F)F)cc1Cl)c1ccccc1[N+](=O)[O-]. The maximum atomic E-state index is 12.9. The van der Waals surface area contributed by atoms with Crippen LogP contribution in [0.15, 0.2) is 54.6 Å². The topological polar surface area (TPSA) is 114 Å². The Morgan fingerprint density at radius 1 is 1.23 bits per heavy atom. The maximum Gasteiger partial charge on any atom is 0.416 e.